The number of carbonyl (C=O) groups excluding carboxylic acids is 4. The van der Waals surface area contributed by atoms with Crippen LogP contribution in [0.25, 0.3) is 22.5 Å². The smallest absolute Gasteiger partial charge is 0.150 e. The lowest BCUT2D eigenvalue weighted by Gasteiger charge is -2.06. The molecule has 26 heavy (non-hydrogen) atoms. The third-order valence-electron chi connectivity index (χ3n) is 3.76. The Morgan fingerprint density at radius 3 is 1.04 bits per heavy atom. The van der Waals surface area contributed by atoms with Gasteiger partial charge in [0.05, 0.1) is 11.4 Å². The van der Waals surface area contributed by atoms with Crippen LogP contribution in [0, 0.1) is 0 Å². The molecule has 6 heteroatoms. The monoisotopic (exact) mass is 344 g/mol. The number of hydrogen-bond donors (Lipinski definition) is 0. The van der Waals surface area contributed by atoms with Crippen LogP contribution in [0.15, 0.2) is 48.5 Å². The molecule has 0 saturated heterocycles. The summed E-state index contributed by atoms with van der Waals surface area (Å²) in [5, 5.41) is 8.26. The van der Waals surface area contributed by atoms with Crippen LogP contribution in [0.5, 0.6) is 0 Å². The molecule has 0 amide bonds. The van der Waals surface area contributed by atoms with Crippen LogP contribution in [0.4, 0.5) is 0 Å². The van der Waals surface area contributed by atoms with E-state index in [1.165, 1.54) is 12.1 Å². The highest BCUT2D eigenvalue weighted by Gasteiger charge is 2.08. The van der Waals surface area contributed by atoms with Gasteiger partial charge in [-0.15, -0.1) is 10.2 Å². The fourth-order valence-electron chi connectivity index (χ4n) is 2.56. The zero-order valence-corrected chi connectivity index (χ0v) is 13.5. The van der Waals surface area contributed by atoms with Gasteiger partial charge >= 0.3 is 0 Å². The summed E-state index contributed by atoms with van der Waals surface area (Å²) in [5.41, 5.74) is 3.62. The first kappa shape index (κ1) is 17.0. The first-order valence-electron chi connectivity index (χ1n) is 7.62. The fourth-order valence-corrected chi connectivity index (χ4v) is 2.56. The van der Waals surface area contributed by atoms with Crippen molar-refractivity contribution in [3.05, 3.63) is 70.8 Å². The maximum absolute atomic E-state index is 11.0. The van der Waals surface area contributed by atoms with Crippen molar-refractivity contribution in [2.24, 2.45) is 0 Å². The van der Waals surface area contributed by atoms with E-state index in [1.54, 1.807) is 36.4 Å². The van der Waals surface area contributed by atoms with E-state index in [0.717, 1.165) is 0 Å². The van der Waals surface area contributed by atoms with Crippen molar-refractivity contribution in [2.45, 2.75) is 0 Å². The molecule has 0 aliphatic heterocycles. The Labute approximate surface area is 148 Å². The van der Waals surface area contributed by atoms with Crippen LogP contribution in [0.3, 0.4) is 0 Å². The standard InChI is InChI=1S/C20H12N2O4/c23-9-13-3-14(10-24)6-17(5-13)19-1-2-20(22-21-19)18-7-15(11-25)4-16(8-18)12-26/h1-12H. The Kier molecular flexibility index (Phi) is 4.85. The van der Waals surface area contributed by atoms with Crippen molar-refractivity contribution < 1.29 is 19.2 Å². The highest BCUT2D eigenvalue weighted by atomic mass is 16.1. The number of benzene rings is 2. The van der Waals surface area contributed by atoms with E-state index in [1.807, 2.05) is 0 Å². The summed E-state index contributed by atoms with van der Waals surface area (Å²) in [6.07, 6.45) is 2.63. The molecule has 126 valence electrons. The van der Waals surface area contributed by atoms with Gasteiger partial charge in [-0.05, 0) is 48.5 Å². The van der Waals surface area contributed by atoms with E-state index in [-0.39, 0.29) is 0 Å². The normalized spacial score (nSPS) is 10.2. The summed E-state index contributed by atoms with van der Waals surface area (Å²) in [6, 6.07) is 12.8. The number of hydrogen-bond acceptors (Lipinski definition) is 6. The Morgan fingerprint density at radius 1 is 0.500 bits per heavy atom. The van der Waals surface area contributed by atoms with E-state index in [2.05, 4.69) is 10.2 Å². The van der Waals surface area contributed by atoms with Gasteiger partial charge in [0, 0.05) is 33.4 Å². The summed E-state index contributed by atoms with van der Waals surface area (Å²) in [4.78, 5) is 44.0. The van der Waals surface area contributed by atoms with Gasteiger partial charge in [-0.25, -0.2) is 0 Å². The lowest BCUT2D eigenvalue weighted by molar-refractivity contribution is 0.111. The van der Waals surface area contributed by atoms with Gasteiger partial charge in [-0.2, -0.15) is 0 Å². The molecule has 0 spiro atoms. The fraction of sp³-hybridized carbons (Fsp3) is 0. The zero-order chi connectivity index (χ0) is 18.5. The molecule has 3 rings (SSSR count). The lowest BCUT2D eigenvalue weighted by atomic mass is 10.0. The highest BCUT2D eigenvalue weighted by molar-refractivity contribution is 5.87. The Morgan fingerprint density at radius 2 is 0.808 bits per heavy atom. The van der Waals surface area contributed by atoms with Gasteiger partial charge < -0.3 is 0 Å². The molecule has 0 aliphatic rings. The molecule has 0 atom stereocenters. The number of rotatable bonds is 6. The maximum Gasteiger partial charge on any atom is 0.150 e. The van der Waals surface area contributed by atoms with Gasteiger partial charge in [0.15, 0.2) is 0 Å². The molecule has 0 saturated carbocycles. The molecule has 0 fully saturated rings. The summed E-state index contributed by atoms with van der Waals surface area (Å²) < 4.78 is 0. The summed E-state index contributed by atoms with van der Waals surface area (Å²) in [6.45, 7) is 0. The van der Waals surface area contributed by atoms with Crippen LogP contribution in [0.1, 0.15) is 41.4 Å². The Balaban J connectivity index is 2.02. The minimum atomic E-state index is 0.366. The Hall–Kier alpha value is -3.80. The Bertz CT molecular complexity index is 876. The average molecular weight is 344 g/mol. The van der Waals surface area contributed by atoms with Crippen molar-refractivity contribution >= 4 is 25.1 Å². The molecule has 0 unspecified atom stereocenters. The molecule has 0 aliphatic carbocycles. The van der Waals surface area contributed by atoms with E-state index < -0.39 is 0 Å². The molecule has 0 bridgehead atoms. The van der Waals surface area contributed by atoms with Crippen LogP contribution in [-0.2, 0) is 0 Å². The minimum Gasteiger partial charge on any atom is -0.298 e. The first-order chi connectivity index (χ1) is 12.7. The van der Waals surface area contributed by atoms with Gasteiger partial charge in [-0.1, -0.05) is 0 Å². The van der Waals surface area contributed by atoms with Gasteiger partial charge in [-0.3, -0.25) is 19.2 Å². The van der Waals surface area contributed by atoms with Gasteiger partial charge in [0.1, 0.15) is 25.1 Å². The van der Waals surface area contributed by atoms with E-state index >= 15 is 0 Å². The SMILES string of the molecule is O=Cc1cc(C=O)cc(-c2ccc(-c3cc(C=O)cc(C=O)c3)nn2)c1. The summed E-state index contributed by atoms with van der Waals surface area (Å²) in [5.74, 6) is 0. The zero-order valence-electron chi connectivity index (χ0n) is 13.5. The highest BCUT2D eigenvalue weighted by Crippen LogP contribution is 2.23. The lowest BCUT2D eigenvalue weighted by Crippen LogP contribution is -1.95. The average Bonchev–Trinajstić information content (AvgIpc) is 2.72. The molecule has 0 N–H and O–H groups in total. The molecule has 1 heterocycles. The predicted octanol–water partition coefficient (Wildman–Crippen LogP) is 3.06. The number of aromatic nitrogens is 2. The first-order valence-corrected chi connectivity index (χ1v) is 7.62. The third-order valence-corrected chi connectivity index (χ3v) is 3.76. The van der Waals surface area contributed by atoms with Crippen molar-refractivity contribution in [3.63, 3.8) is 0 Å². The van der Waals surface area contributed by atoms with Crippen LogP contribution in [0.2, 0.25) is 0 Å². The topological polar surface area (TPSA) is 94.1 Å². The molecular weight excluding hydrogens is 332 g/mol. The largest absolute Gasteiger partial charge is 0.298 e. The third kappa shape index (κ3) is 3.49. The molecule has 1 aromatic heterocycles. The maximum atomic E-state index is 11.0. The van der Waals surface area contributed by atoms with E-state index in [9.17, 15) is 19.2 Å². The molecule has 0 radical (unpaired) electrons. The van der Waals surface area contributed by atoms with Crippen molar-refractivity contribution in [1.82, 2.24) is 10.2 Å². The van der Waals surface area contributed by atoms with Crippen LogP contribution in [-0.4, -0.2) is 35.3 Å². The van der Waals surface area contributed by atoms with Crippen molar-refractivity contribution in [3.8, 4) is 22.5 Å². The van der Waals surface area contributed by atoms with E-state index in [0.29, 0.717) is 69.9 Å². The molecule has 3 aromatic rings. The van der Waals surface area contributed by atoms with E-state index in [4.69, 9.17) is 0 Å². The number of carbonyl (C=O) groups is 4. The van der Waals surface area contributed by atoms with Gasteiger partial charge in [0.25, 0.3) is 0 Å². The quantitative estimate of drug-likeness (QED) is 0.638. The van der Waals surface area contributed by atoms with Crippen molar-refractivity contribution in [2.75, 3.05) is 0 Å². The number of nitrogens with zero attached hydrogens (tertiary/aromatic N) is 2. The summed E-state index contributed by atoms with van der Waals surface area (Å²) in [7, 11) is 0. The second-order valence-electron chi connectivity index (χ2n) is 5.55. The van der Waals surface area contributed by atoms with Crippen LogP contribution >= 0.6 is 0 Å². The molecule has 2 aromatic carbocycles. The molecule has 6 nitrogen and oxygen atoms in total. The summed E-state index contributed by atoms with van der Waals surface area (Å²) >= 11 is 0. The number of aldehydes is 4. The second kappa shape index (κ2) is 7.40. The van der Waals surface area contributed by atoms with Crippen LogP contribution < -0.4 is 0 Å². The second-order valence-corrected chi connectivity index (χ2v) is 5.55. The minimum absolute atomic E-state index is 0.366. The van der Waals surface area contributed by atoms with Gasteiger partial charge in [0.2, 0.25) is 0 Å². The van der Waals surface area contributed by atoms with Crippen molar-refractivity contribution in [1.29, 1.82) is 0 Å². The predicted molar refractivity (Wildman–Crippen MR) is 94.5 cm³/mol. The molecular formula is C20H12N2O4.